The molecule has 0 aliphatic carbocycles. The molecule has 0 amide bonds. The van der Waals surface area contributed by atoms with Crippen molar-refractivity contribution in [2.24, 2.45) is 0 Å². The Morgan fingerprint density at radius 3 is 1.62 bits per heavy atom. The maximum absolute atomic E-state index is 12.9. The molecule has 0 radical (unpaired) electrons. The molecule has 0 N–H and O–H groups in total. The smallest absolute Gasteiger partial charge is 0.193 e. The van der Waals surface area contributed by atoms with E-state index in [0.717, 1.165) is 22.3 Å². The molecule has 0 fully saturated rings. The first kappa shape index (κ1) is 33.5. The Morgan fingerprint density at radius 2 is 0.929 bits per heavy atom. The number of fused-ring (bicyclic) bond motifs is 2. The summed E-state index contributed by atoms with van der Waals surface area (Å²) < 4.78 is 12.3. The lowest BCUT2D eigenvalue weighted by Gasteiger charge is -2.10. The predicted molar refractivity (Wildman–Crippen MR) is 180 cm³/mol. The van der Waals surface area contributed by atoms with E-state index in [9.17, 15) is 9.59 Å². The van der Waals surface area contributed by atoms with Crippen molar-refractivity contribution < 1.29 is 8.83 Å². The fourth-order valence-electron chi connectivity index (χ4n) is 4.24. The van der Waals surface area contributed by atoms with Gasteiger partial charge in [0.2, 0.25) is 0 Å². The number of hydrogen-bond acceptors (Lipinski definition) is 4. The Kier molecular flexibility index (Phi) is 13.7. The van der Waals surface area contributed by atoms with E-state index in [-0.39, 0.29) is 10.9 Å². The molecule has 4 aromatic carbocycles. The molecular formula is C38H42O4. The van der Waals surface area contributed by atoms with Crippen LogP contribution in [0.1, 0.15) is 55.4 Å². The van der Waals surface area contributed by atoms with Gasteiger partial charge in [0.1, 0.15) is 22.7 Å². The van der Waals surface area contributed by atoms with Crippen LogP contribution in [0.4, 0.5) is 0 Å². The molecular weight excluding hydrogens is 520 g/mol. The van der Waals surface area contributed by atoms with E-state index in [1.165, 1.54) is 12.1 Å². The highest BCUT2D eigenvalue weighted by atomic mass is 16.3. The van der Waals surface area contributed by atoms with E-state index in [2.05, 4.69) is 0 Å². The molecule has 0 bridgehead atoms. The predicted octanol–water partition coefficient (Wildman–Crippen LogP) is 11.0. The van der Waals surface area contributed by atoms with Crippen LogP contribution in [0.2, 0.25) is 0 Å². The van der Waals surface area contributed by atoms with Crippen molar-refractivity contribution in [1.29, 1.82) is 0 Å². The van der Waals surface area contributed by atoms with Gasteiger partial charge in [0.25, 0.3) is 0 Å². The van der Waals surface area contributed by atoms with E-state index in [4.69, 9.17) is 8.83 Å². The van der Waals surface area contributed by atoms with E-state index >= 15 is 0 Å². The molecule has 0 spiro atoms. The van der Waals surface area contributed by atoms with Crippen molar-refractivity contribution in [2.75, 3.05) is 0 Å². The summed E-state index contributed by atoms with van der Waals surface area (Å²) in [5, 5.41) is 1.06. The highest BCUT2D eigenvalue weighted by molar-refractivity contribution is 5.93. The van der Waals surface area contributed by atoms with Gasteiger partial charge in [-0.2, -0.15) is 0 Å². The molecule has 2 heterocycles. The van der Waals surface area contributed by atoms with Gasteiger partial charge in [-0.3, -0.25) is 9.59 Å². The third-order valence-corrected chi connectivity index (χ3v) is 5.91. The molecule has 4 nitrogen and oxygen atoms in total. The lowest BCUT2D eigenvalue weighted by molar-refractivity contribution is 0.618. The van der Waals surface area contributed by atoms with E-state index in [1.54, 1.807) is 18.2 Å². The Bertz CT molecular complexity index is 1790. The lowest BCUT2D eigenvalue weighted by atomic mass is 9.99. The number of benzene rings is 4. The molecule has 0 unspecified atom stereocenters. The molecule has 6 rings (SSSR count). The average Bonchev–Trinajstić information content (AvgIpc) is 3.08. The maximum atomic E-state index is 12.9. The number of hydrogen-bond donors (Lipinski definition) is 0. The first-order valence-corrected chi connectivity index (χ1v) is 14.9. The Hall–Kier alpha value is -4.70. The third-order valence-electron chi connectivity index (χ3n) is 5.91. The van der Waals surface area contributed by atoms with Gasteiger partial charge >= 0.3 is 0 Å². The molecule has 0 saturated heterocycles. The topological polar surface area (TPSA) is 60.4 Å². The highest BCUT2D eigenvalue weighted by Crippen LogP contribution is 2.33. The molecule has 0 atom stereocenters. The quantitative estimate of drug-likeness (QED) is 0.215. The van der Waals surface area contributed by atoms with Crippen LogP contribution in [-0.4, -0.2) is 0 Å². The van der Waals surface area contributed by atoms with Crippen molar-refractivity contribution in [3.63, 3.8) is 0 Å². The van der Waals surface area contributed by atoms with Crippen LogP contribution in [0, 0.1) is 0 Å². The summed E-state index contributed by atoms with van der Waals surface area (Å²) in [5.41, 5.74) is 4.11. The fourth-order valence-corrected chi connectivity index (χ4v) is 4.24. The minimum absolute atomic E-state index is 0.0917. The fraction of sp³-hybridized carbons (Fsp3) is 0.211. The number of rotatable bonds is 3. The lowest BCUT2D eigenvalue weighted by Crippen LogP contribution is -2.01. The van der Waals surface area contributed by atoms with Gasteiger partial charge in [0, 0.05) is 28.8 Å². The normalized spacial score (nSPS) is 9.62. The zero-order valence-corrected chi connectivity index (χ0v) is 26.0. The molecule has 0 aliphatic heterocycles. The summed E-state index contributed by atoms with van der Waals surface area (Å²) in [6, 6.07) is 33.0. The van der Waals surface area contributed by atoms with Crippen molar-refractivity contribution in [2.45, 2.75) is 55.4 Å². The molecule has 6 aromatic rings. The second-order valence-corrected chi connectivity index (χ2v) is 8.08. The van der Waals surface area contributed by atoms with Crippen LogP contribution >= 0.6 is 0 Å². The third kappa shape index (κ3) is 7.52. The zero-order valence-electron chi connectivity index (χ0n) is 26.0. The van der Waals surface area contributed by atoms with Gasteiger partial charge in [-0.1, -0.05) is 128 Å². The number of para-hydroxylation sites is 2. The first-order valence-electron chi connectivity index (χ1n) is 14.9. The van der Waals surface area contributed by atoms with Gasteiger partial charge in [0.15, 0.2) is 10.9 Å². The minimum atomic E-state index is -0.0985. The summed E-state index contributed by atoms with van der Waals surface area (Å²) in [6.45, 7) is 16.0. The van der Waals surface area contributed by atoms with Crippen LogP contribution in [0.25, 0.3) is 55.7 Å². The second-order valence-electron chi connectivity index (χ2n) is 8.08. The summed E-state index contributed by atoms with van der Waals surface area (Å²) in [7, 11) is 0. The van der Waals surface area contributed by atoms with Crippen molar-refractivity contribution in [3.8, 4) is 33.8 Å². The van der Waals surface area contributed by atoms with Crippen LogP contribution in [0.5, 0.6) is 0 Å². The van der Waals surface area contributed by atoms with E-state index in [1.807, 2.05) is 134 Å². The molecule has 0 saturated carbocycles. The summed E-state index contributed by atoms with van der Waals surface area (Å²) in [6.07, 6.45) is 0. The first-order chi connectivity index (χ1) is 20.7. The van der Waals surface area contributed by atoms with Gasteiger partial charge in [-0.15, -0.1) is 0 Å². The van der Waals surface area contributed by atoms with Crippen molar-refractivity contribution >= 4 is 21.9 Å². The van der Waals surface area contributed by atoms with Gasteiger partial charge in [0.05, 0.1) is 10.8 Å². The summed E-state index contributed by atoms with van der Waals surface area (Å²) in [5.74, 6) is 0.999. The average molecular weight is 563 g/mol. The molecule has 4 heteroatoms. The summed E-state index contributed by atoms with van der Waals surface area (Å²) in [4.78, 5) is 25.5. The monoisotopic (exact) mass is 562 g/mol. The van der Waals surface area contributed by atoms with Gasteiger partial charge < -0.3 is 8.83 Å². The standard InChI is InChI=1S/C30H18O4.4C2H6/c31-25-17-29(33-27-15-5-4-12-23(25)27)21-11-6-10-20(16-21)22-13-7-14-24-26(32)18-28(34-30(22)24)19-8-2-1-3-9-19;4*1-2/h1-18H;4*1-2H3. The molecule has 42 heavy (non-hydrogen) atoms. The van der Waals surface area contributed by atoms with Crippen LogP contribution in [-0.2, 0) is 0 Å². The highest BCUT2D eigenvalue weighted by Gasteiger charge is 2.13. The van der Waals surface area contributed by atoms with Crippen LogP contribution < -0.4 is 10.9 Å². The zero-order chi connectivity index (χ0) is 31.1. The Labute approximate surface area is 249 Å². The SMILES string of the molecule is CC.CC.CC.CC.O=c1cc(-c2cccc(-c3cccc4c(=O)cc(-c5ccccc5)oc34)c2)oc2ccccc12. The molecule has 218 valence electrons. The van der Waals surface area contributed by atoms with Crippen LogP contribution in [0.15, 0.2) is 128 Å². The summed E-state index contributed by atoms with van der Waals surface area (Å²) >= 11 is 0. The van der Waals surface area contributed by atoms with E-state index in [0.29, 0.717) is 33.5 Å². The van der Waals surface area contributed by atoms with E-state index < -0.39 is 0 Å². The maximum Gasteiger partial charge on any atom is 0.193 e. The second kappa shape index (κ2) is 17.2. The Balaban J connectivity index is 0.000000713. The van der Waals surface area contributed by atoms with Crippen molar-refractivity contribution in [1.82, 2.24) is 0 Å². The molecule has 0 aliphatic rings. The van der Waals surface area contributed by atoms with Gasteiger partial charge in [-0.05, 0) is 29.8 Å². The largest absolute Gasteiger partial charge is 0.456 e. The minimum Gasteiger partial charge on any atom is -0.456 e. The van der Waals surface area contributed by atoms with Gasteiger partial charge in [-0.25, -0.2) is 0 Å². The van der Waals surface area contributed by atoms with Crippen molar-refractivity contribution in [3.05, 3.63) is 130 Å². The molecule has 2 aromatic heterocycles. The Morgan fingerprint density at radius 1 is 0.429 bits per heavy atom. The van der Waals surface area contributed by atoms with Crippen LogP contribution in [0.3, 0.4) is 0 Å².